The van der Waals surface area contributed by atoms with Gasteiger partial charge in [0.25, 0.3) is 0 Å². The maximum absolute atomic E-state index is 11.9. The van der Waals surface area contributed by atoms with Gasteiger partial charge in [-0.1, -0.05) is 68.1 Å². The van der Waals surface area contributed by atoms with Crippen molar-refractivity contribution in [2.45, 2.75) is 26.7 Å². The van der Waals surface area contributed by atoms with E-state index < -0.39 is 0 Å². The van der Waals surface area contributed by atoms with Crippen LogP contribution in [0, 0.1) is 5.92 Å². The number of benzene rings is 2. The van der Waals surface area contributed by atoms with Crippen molar-refractivity contribution >= 4 is 22.1 Å². The minimum atomic E-state index is 0.0991. The molecule has 0 heterocycles. The van der Waals surface area contributed by atoms with E-state index >= 15 is 0 Å². The first-order chi connectivity index (χ1) is 14.0. The zero-order chi connectivity index (χ0) is 20.5. The summed E-state index contributed by atoms with van der Waals surface area (Å²) in [5.41, 5.74) is 7.95. The molecule has 0 aliphatic heterocycles. The summed E-state index contributed by atoms with van der Waals surface area (Å²) in [7, 11) is 1.98. The Bertz CT molecular complexity index is 1140. The summed E-state index contributed by atoms with van der Waals surface area (Å²) in [5, 5.41) is 5.53. The number of hydrogen-bond donors (Lipinski definition) is 1. The maximum atomic E-state index is 11.9. The Labute approximate surface area is 173 Å². The Kier molecular flexibility index (Phi) is 5.10. The molecule has 2 heteroatoms. The molecule has 146 valence electrons. The van der Waals surface area contributed by atoms with E-state index in [1.54, 1.807) is 6.92 Å². The van der Waals surface area contributed by atoms with Crippen LogP contribution in [0.3, 0.4) is 0 Å². The molecule has 1 unspecified atom stereocenters. The molecule has 0 bridgehead atoms. The number of nitrogens with one attached hydrogen (secondary N) is 1. The Morgan fingerprint density at radius 1 is 1.17 bits per heavy atom. The maximum Gasteiger partial charge on any atom is 0.160 e. The van der Waals surface area contributed by atoms with Crippen LogP contribution < -0.4 is 5.32 Å². The largest absolute Gasteiger partial charge is 0.387 e. The fourth-order valence-corrected chi connectivity index (χ4v) is 4.37. The highest BCUT2D eigenvalue weighted by atomic mass is 16.1. The topological polar surface area (TPSA) is 29.1 Å². The number of fused-ring (bicyclic) bond motifs is 1. The van der Waals surface area contributed by atoms with Gasteiger partial charge in [-0.25, -0.2) is 0 Å². The summed E-state index contributed by atoms with van der Waals surface area (Å²) >= 11 is 0. The fourth-order valence-electron chi connectivity index (χ4n) is 4.37. The van der Waals surface area contributed by atoms with Crippen LogP contribution in [0.15, 0.2) is 89.7 Å². The lowest BCUT2D eigenvalue weighted by Crippen LogP contribution is -2.18. The molecule has 4 rings (SSSR count). The van der Waals surface area contributed by atoms with E-state index in [4.69, 9.17) is 0 Å². The third-order valence-corrected chi connectivity index (χ3v) is 6.10. The molecule has 2 aliphatic rings. The normalized spacial score (nSPS) is 20.1. The van der Waals surface area contributed by atoms with Gasteiger partial charge in [0.15, 0.2) is 5.78 Å². The van der Waals surface area contributed by atoms with E-state index in [1.807, 2.05) is 19.2 Å². The molecule has 2 aliphatic carbocycles. The lowest BCUT2D eigenvalue weighted by atomic mass is 9.80. The Morgan fingerprint density at radius 3 is 2.66 bits per heavy atom. The predicted molar refractivity (Wildman–Crippen MR) is 123 cm³/mol. The lowest BCUT2D eigenvalue weighted by molar-refractivity contribution is 0.101. The summed E-state index contributed by atoms with van der Waals surface area (Å²) in [6.45, 7) is 8.24. The molecule has 0 spiro atoms. The Hall–Kier alpha value is -3.13. The van der Waals surface area contributed by atoms with Crippen molar-refractivity contribution in [3.05, 3.63) is 101 Å². The SMILES string of the molecule is C=C1/C(=C(\NC)C2=C(c3ccc4c(C(C)=O)cccc4c3)C=C2)C=CCC1CC. The van der Waals surface area contributed by atoms with Crippen LogP contribution in [-0.4, -0.2) is 12.8 Å². The molecule has 29 heavy (non-hydrogen) atoms. The first kappa shape index (κ1) is 19.2. The number of carbonyl (C=O) groups excluding carboxylic acids is 1. The van der Waals surface area contributed by atoms with Crippen LogP contribution in [-0.2, 0) is 0 Å². The van der Waals surface area contributed by atoms with Crippen LogP contribution in [0.2, 0.25) is 0 Å². The lowest BCUT2D eigenvalue weighted by Gasteiger charge is -2.27. The van der Waals surface area contributed by atoms with Gasteiger partial charge in [-0.3, -0.25) is 4.79 Å². The number of hydrogen-bond acceptors (Lipinski definition) is 2. The molecule has 0 amide bonds. The molecule has 1 atom stereocenters. The van der Waals surface area contributed by atoms with Gasteiger partial charge in [-0.15, -0.1) is 0 Å². The van der Waals surface area contributed by atoms with Gasteiger partial charge in [-0.2, -0.15) is 0 Å². The van der Waals surface area contributed by atoms with Gasteiger partial charge in [0.2, 0.25) is 0 Å². The van der Waals surface area contributed by atoms with Crippen LogP contribution >= 0.6 is 0 Å². The quantitative estimate of drug-likeness (QED) is 0.609. The van der Waals surface area contributed by atoms with Crippen LogP contribution in [0.5, 0.6) is 0 Å². The molecule has 0 saturated heterocycles. The highest BCUT2D eigenvalue weighted by molar-refractivity contribution is 6.07. The zero-order valence-corrected chi connectivity index (χ0v) is 17.4. The summed E-state index contributed by atoms with van der Waals surface area (Å²) in [5.74, 6) is 0.610. The van der Waals surface area contributed by atoms with Crippen LogP contribution in [0.1, 0.15) is 42.6 Å². The van der Waals surface area contributed by atoms with Crippen molar-refractivity contribution in [2.75, 3.05) is 7.05 Å². The van der Waals surface area contributed by atoms with Crippen molar-refractivity contribution in [2.24, 2.45) is 5.92 Å². The first-order valence-electron chi connectivity index (χ1n) is 10.3. The molecule has 0 fully saturated rings. The van der Waals surface area contributed by atoms with Crippen molar-refractivity contribution in [1.82, 2.24) is 5.32 Å². The number of carbonyl (C=O) groups is 1. The molecule has 1 N–H and O–H groups in total. The van der Waals surface area contributed by atoms with Gasteiger partial charge in [0.05, 0.1) is 0 Å². The van der Waals surface area contributed by atoms with E-state index in [9.17, 15) is 4.79 Å². The third-order valence-electron chi connectivity index (χ3n) is 6.10. The van der Waals surface area contributed by atoms with Gasteiger partial charge >= 0.3 is 0 Å². The molecule has 0 aromatic heterocycles. The van der Waals surface area contributed by atoms with E-state index in [0.717, 1.165) is 34.9 Å². The second kappa shape index (κ2) is 7.71. The number of likely N-dealkylation sites (N-methyl/N-ethyl adjacent to an activating group) is 1. The summed E-state index contributed by atoms with van der Waals surface area (Å²) < 4.78 is 0. The highest BCUT2D eigenvalue weighted by Crippen LogP contribution is 2.39. The first-order valence-corrected chi connectivity index (χ1v) is 10.3. The van der Waals surface area contributed by atoms with Gasteiger partial charge in [0.1, 0.15) is 0 Å². The molecular formula is C27H27NO. The summed E-state index contributed by atoms with van der Waals surface area (Å²) in [4.78, 5) is 11.9. The van der Waals surface area contributed by atoms with E-state index in [2.05, 4.69) is 67.4 Å². The summed E-state index contributed by atoms with van der Waals surface area (Å²) in [6, 6.07) is 12.3. The summed E-state index contributed by atoms with van der Waals surface area (Å²) in [6.07, 6.45) is 11.0. The molecule has 0 radical (unpaired) electrons. The van der Waals surface area contributed by atoms with E-state index in [0.29, 0.717) is 5.92 Å². The van der Waals surface area contributed by atoms with Gasteiger partial charge < -0.3 is 5.32 Å². The minimum absolute atomic E-state index is 0.0991. The van der Waals surface area contributed by atoms with Crippen LogP contribution in [0.25, 0.3) is 16.3 Å². The highest BCUT2D eigenvalue weighted by Gasteiger charge is 2.23. The van der Waals surface area contributed by atoms with Crippen molar-refractivity contribution < 1.29 is 4.79 Å². The average molecular weight is 382 g/mol. The number of rotatable bonds is 5. The molecule has 2 aromatic rings. The standard InChI is InChI=1S/C27H27NO/c1-5-19-8-6-10-22(17(19)2)27(28-4)26-15-14-25(26)21-12-13-24-20(16-21)9-7-11-23(24)18(3)29/h6-7,9-16,19,28H,2,5,8H2,1,3-4H3/b27-22-. The predicted octanol–water partition coefficient (Wildman–Crippen LogP) is 6.38. The van der Waals surface area contributed by atoms with Gasteiger partial charge in [0, 0.05) is 29.5 Å². The van der Waals surface area contributed by atoms with Gasteiger partial charge in [-0.05, 0) is 59.2 Å². The van der Waals surface area contributed by atoms with E-state index in [-0.39, 0.29) is 5.78 Å². The van der Waals surface area contributed by atoms with Crippen molar-refractivity contribution in [3.63, 3.8) is 0 Å². The number of ketones is 1. The van der Waals surface area contributed by atoms with Crippen molar-refractivity contribution in [1.29, 1.82) is 0 Å². The molecular weight excluding hydrogens is 354 g/mol. The molecule has 2 nitrogen and oxygen atoms in total. The Balaban J connectivity index is 1.80. The van der Waals surface area contributed by atoms with E-state index in [1.165, 1.54) is 27.9 Å². The smallest absolute Gasteiger partial charge is 0.160 e. The second-order valence-corrected chi connectivity index (χ2v) is 7.77. The fraction of sp³-hybridized carbons (Fsp3) is 0.222. The zero-order valence-electron chi connectivity index (χ0n) is 17.4. The second-order valence-electron chi connectivity index (χ2n) is 7.77. The average Bonchev–Trinajstić information content (AvgIpc) is 2.70. The number of Topliss-reactive ketones (excluding diaryl/α,β-unsaturated/α-hetero) is 1. The molecule has 0 saturated carbocycles. The Morgan fingerprint density at radius 2 is 2.00 bits per heavy atom. The minimum Gasteiger partial charge on any atom is -0.387 e. The monoisotopic (exact) mass is 381 g/mol. The van der Waals surface area contributed by atoms with Crippen LogP contribution in [0.4, 0.5) is 0 Å². The third kappa shape index (κ3) is 3.29. The number of allylic oxidation sites excluding steroid dienone is 7. The van der Waals surface area contributed by atoms with Crippen molar-refractivity contribution in [3.8, 4) is 0 Å². The molecule has 2 aromatic carbocycles.